The van der Waals surface area contributed by atoms with Crippen molar-refractivity contribution in [3.05, 3.63) is 52.8 Å². The van der Waals surface area contributed by atoms with Crippen LogP contribution in [0.2, 0.25) is 0 Å². The maximum Gasteiger partial charge on any atom is 0.127 e. The van der Waals surface area contributed by atoms with Crippen molar-refractivity contribution in [1.82, 2.24) is 4.98 Å². The first-order chi connectivity index (χ1) is 11.1. The number of hydrogen-bond acceptors (Lipinski definition) is 5. The third kappa shape index (κ3) is 3.18. The van der Waals surface area contributed by atoms with Crippen molar-refractivity contribution < 1.29 is 14.1 Å². The Labute approximate surface area is 137 Å². The summed E-state index contributed by atoms with van der Waals surface area (Å²) in [6, 6.07) is 7.75. The highest BCUT2D eigenvalue weighted by Crippen LogP contribution is 2.29. The van der Waals surface area contributed by atoms with E-state index in [0.717, 1.165) is 16.8 Å². The summed E-state index contributed by atoms with van der Waals surface area (Å²) < 4.78 is 17.9. The Morgan fingerprint density at radius 3 is 2.91 bits per heavy atom. The minimum atomic E-state index is -1.28. The Hall–Kier alpha value is -2.05. The molecule has 6 heteroatoms. The van der Waals surface area contributed by atoms with E-state index in [0.29, 0.717) is 28.5 Å². The summed E-state index contributed by atoms with van der Waals surface area (Å²) in [5.41, 5.74) is 4.29. The predicted octanol–water partition coefficient (Wildman–Crippen LogP) is 2.43. The minimum Gasteiger partial charge on any atom is -0.496 e. The van der Waals surface area contributed by atoms with Crippen molar-refractivity contribution in [3.63, 3.8) is 0 Å². The first kappa shape index (κ1) is 15.8. The second-order valence-electron chi connectivity index (χ2n) is 5.40. The fourth-order valence-corrected chi connectivity index (χ4v) is 3.78. The lowest BCUT2D eigenvalue weighted by Crippen LogP contribution is -2.12. The number of pyridine rings is 1. The van der Waals surface area contributed by atoms with Crippen LogP contribution in [0.25, 0.3) is 0 Å². The van der Waals surface area contributed by atoms with Crippen LogP contribution in [-0.2, 0) is 29.6 Å². The number of fused-ring (bicyclic) bond motifs is 1. The molecule has 1 N–H and O–H groups in total. The van der Waals surface area contributed by atoms with Gasteiger partial charge in [0, 0.05) is 18.2 Å². The summed E-state index contributed by atoms with van der Waals surface area (Å²) in [6.45, 7) is 1.81. The maximum absolute atomic E-state index is 12.7. The lowest BCUT2D eigenvalue weighted by Gasteiger charge is -2.10. The summed E-state index contributed by atoms with van der Waals surface area (Å²) in [4.78, 5) is 8.75. The number of rotatable bonds is 4. The fraction of sp³-hybridized carbons (Fsp3) is 0.294. The highest BCUT2D eigenvalue weighted by molar-refractivity contribution is 8.00. The molecule has 0 bridgehead atoms. The zero-order chi connectivity index (χ0) is 16.4. The quantitative estimate of drug-likeness (QED) is 0.934. The molecule has 0 saturated carbocycles. The van der Waals surface area contributed by atoms with Crippen molar-refractivity contribution in [2.24, 2.45) is 4.99 Å². The van der Waals surface area contributed by atoms with E-state index in [1.54, 1.807) is 12.3 Å². The Morgan fingerprint density at radius 1 is 1.35 bits per heavy atom. The Bertz CT molecular complexity index is 802. The summed E-state index contributed by atoms with van der Waals surface area (Å²) in [5.74, 6) is 0.778. The highest BCUT2D eigenvalue weighted by atomic mass is 32.2. The Morgan fingerprint density at radius 2 is 2.17 bits per heavy atom. The van der Waals surface area contributed by atoms with Crippen LogP contribution in [0.3, 0.4) is 0 Å². The molecule has 1 aliphatic heterocycles. The summed E-state index contributed by atoms with van der Waals surface area (Å²) in [5, 5.41) is 10.2. The van der Waals surface area contributed by atoms with Gasteiger partial charge in [0.1, 0.15) is 10.8 Å². The number of methoxy groups -OCH3 is 1. The van der Waals surface area contributed by atoms with E-state index in [4.69, 9.17) is 4.74 Å². The molecule has 1 aromatic carbocycles. The molecule has 5 nitrogen and oxygen atoms in total. The zero-order valence-electron chi connectivity index (χ0n) is 13.1. The lowest BCUT2D eigenvalue weighted by molar-refractivity contribution is 0.272. The Balaban J connectivity index is 1.83. The molecule has 2 heterocycles. The highest BCUT2D eigenvalue weighted by Gasteiger charge is 2.21. The van der Waals surface area contributed by atoms with Crippen LogP contribution in [0, 0.1) is 6.92 Å². The molecule has 0 spiro atoms. The van der Waals surface area contributed by atoms with Gasteiger partial charge < -0.3 is 9.84 Å². The SMILES string of the molecule is COc1ccnc(CS(=O)C2=Nc3cc(C)ccc3C2)c1CO. The molecular formula is C17H18N2O3S. The van der Waals surface area contributed by atoms with E-state index in [1.807, 2.05) is 25.1 Å². The van der Waals surface area contributed by atoms with Gasteiger partial charge in [0.15, 0.2) is 0 Å². The molecule has 120 valence electrons. The van der Waals surface area contributed by atoms with Crippen molar-refractivity contribution in [3.8, 4) is 5.75 Å². The van der Waals surface area contributed by atoms with E-state index in [2.05, 4.69) is 9.98 Å². The normalized spacial score (nSPS) is 14.3. The van der Waals surface area contributed by atoms with Gasteiger partial charge in [-0.1, -0.05) is 12.1 Å². The maximum atomic E-state index is 12.7. The molecule has 2 aromatic rings. The fourth-order valence-electron chi connectivity index (χ4n) is 2.60. The average Bonchev–Trinajstić information content (AvgIpc) is 2.97. The third-order valence-corrected chi connectivity index (χ3v) is 5.14. The van der Waals surface area contributed by atoms with Crippen LogP contribution < -0.4 is 4.74 Å². The summed E-state index contributed by atoms with van der Waals surface area (Å²) in [7, 11) is 0.256. The smallest absolute Gasteiger partial charge is 0.127 e. The van der Waals surface area contributed by atoms with Gasteiger partial charge in [0.25, 0.3) is 0 Å². The van der Waals surface area contributed by atoms with Crippen LogP contribution >= 0.6 is 0 Å². The lowest BCUT2D eigenvalue weighted by atomic mass is 10.1. The monoisotopic (exact) mass is 330 g/mol. The molecule has 0 amide bonds. The molecular weight excluding hydrogens is 312 g/mol. The van der Waals surface area contributed by atoms with Crippen molar-refractivity contribution in [1.29, 1.82) is 0 Å². The summed E-state index contributed by atoms with van der Waals surface area (Å²) in [6.07, 6.45) is 2.19. The van der Waals surface area contributed by atoms with Gasteiger partial charge in [0.05, 0.1) is 41.7 Å². The Kier molecular flexibility index (Phi) is 4.54. The second-order valence-corrected chi connectivity index (χ2v) is 6.85. The first-order valence-corrected chi connectivity index (χ1v) is 8.61. The third-order valence-electron chi connectivity index (χ3n) is 3.84. The molecule has 1 aliphatic rings. The van der Waals surface area contributed by atoms with Crippen molar-refractivity contribution in [2.45, 2.75) is 25.7 Å². The topological polar surface area (TPSA) is 71.8 Å². The van der Waals surface area contributed by atoms with Gasteiger partial charge in [-0.2, -0.15) is 0 Å². The number of aliphatic hydroxyl groups is 1. The van der Waals surface area contributed by atoms with Crippen molar-refractivity contribution >= 4 is 21.5 Å². The van der Waals surface area contributed by atoms with E-state index >= 15 is 0 Å². The van der Waals surface area contributed by atoms with Gasteiger partial charge in [-0.15, -0.1) is 0 Å². The largest absolute Gasteiger partial charge is 0.496 e. The molecule has 0 saturated heterocycles. The molecule has 1 unspecified atom stereocenters. The number of nitrogens with zero attached hydrogens (tertiary/aromatic N) is 2. The van der Waals surface area contributed by atoms with Crippen LogP contribution in [0.1, 0.15) is 22.4 Å². The number of ether oxygens (including phenoxy) is 1. The van der Waals surface area contributed by atoms with Crippen LogP contribution in [0.5, 0.6) is 5.75 Å². The number of aryl methyl sites for hydroxylation is 1. The molecule has 1 aromatic heterocycles. The minimum absolute atomic E-state index is 0.199. The number of hydrogen-bond donors (Lipinski definition) is 1. The number of aliphatic hydroxyl groups excluding tert-OH is 1. The molecule has 3 rings (SSSR count). The zero-order valence-corrected chi connectivity index (χ0v) is 13.9. The van der Waals surface area contributed by atoms with Crippen LogP contribution in [0.4, 0.5) is 5.69 Å². The van der Waals surface area contributed by atoms with Gasteiger partial charge in [-0.25, -0.2) is 4.99 Å². The number of aromatic nitrogens is 1. The summed E-state index contributed by atoms with van der Waals surface area (Å²) >= 11 is 0. The standard InChI is InChI=1S/C17H18N2O3S/c1-11-3-4-12-8-17(19-14(12)7-11)23(21)10-15-13(9-20)16(22-2)5-6-18-15/h3-7,20H,8-10H2,1-2H3. The van der Waals surface area contributed by atoms with Gasteiger partial charge in [-0.3, -0.25) is 9.19 Å². The predicted molar refractivity (Wildman–Crippen MR) is 90.5 cm³/mol. The van der Waals surface area contributed by atoms with Gasteiger partial charge in [-0.05, 0) is 30.2 Å². The van der Waals surface area contributed by atoms with E-state index in [9.17, 15) is 9.32 Å². The van der Waals surface area contributed by atoms with Gasteiger partial charge in [0.2, 0.25) is 0 Å². The number of aliphatic imine (C=N–C) groups is 1. The van der Waals surface area contributed by atoms with Gasteiger partial charge >= 0.3 is 0 Å². The van der Waals surface area contributed by atoms with E-state index < -0.39 is 10.8 Å². The number of benzene rings is 1. The molecule has 1 atom stereocenters. The second kappa shape index (κ2) is 6.60. The molecule has 0 fully saturated rings. The molecule has 23 heavy (non-hydrogen) atoms. The van der Waals surface area contributed by atoms with Crippen LogP contribution in [0.15, 0.2) is 35.5 Å². The molecule has 0 aliphatic carbocycles. The van der Waals surface area contributed by atoms with E-state index in [1.165, 1.54) is 7.11 Å². The average molecular weight is 330 g/mol. The van der Waals surface area contributed by atoms with E-state index in [-0.39, 0.29) is 12.4 Å². The molecule has 0 radical (unpaired) electrons. The van der Waals surface area contributed by atoms with Crippen LogP contribution in [-0.4, -0.2) is 26.5 Å². The van der Waals surface area contributed by atoms with Crippen molar-refractivity contribution in [2.75, 3.05) is 7.11 Å². The first-order valence-electron chi connectivity index (χ1n) is 7.29.